The van der Waals surface area contributed by atoms with Crippen LogP contribution in [0.25, 0.3) is 0 Å². The Morgan fingerprint density at radius 2 is 2.14 bits per heavy atom. The first-order valence-electron chi connectivity index (χ1n) is 7.22. The van der Waals surface area contributed by atoms with E-state index in [4.69, 9.17) is 5.11 Å². The number of carboxylic acid groups (broad SMARTS) is 1. The zero-order chi connectivity index (χ0) is 15.2. The van der Waals surface area contributed by atoms with Crippen LogP contribution in [0.3, 0.4) is 0 Å². The molecule has 4 unspecified atom stereocenters. The molecule has 0 spiro atoms. The molecule has 3 rings (SSSR count). The third-order valence-corrected chi connectivity index (χ3v) is 7.96. The fourth-order valence-electron chi connectivity index (χ4n) is 3.88. The number of rotatable bonds is 5. The van der Waals surface area contributed by atoms with Gasteiger partial charge in [-0.1, -0.05) is 6.42 Å². The van der Waals surface area contributed by atoms with Crippen molar-refractivity contribution in [3.63, 3.8) is 0 Å². The molecule has 0 aromatic carbocycles. The number of fused-ring (bicyclic) bond motifs is 2. The van der Waals surface area contributed by atoms with E-state index in [9.17, 15) is 13.2 Å². The highest BCUT2D eigenvalue weighted by atomic mass is 32.2. The summed E-state index contributed by atoms with van der Waals surface area (Å²) in [5.74, 6) is 0.734. The second kappa shape index (κ2) is 5.37. The number of carboxylic acids is 1. The Morgan fingerprint density at radius 3 is 2.67 bits per heavy atom. The lowest BCUT2D eigenvalue weighted by molar-refractivity contribution is 0.0702. The van der Waals surface area contributed by atoms with E-state index in [-0.39, 0.29) is 15.1 Å². The normalized spacial score (nSPS) is 29.7. The lowest BCUT2D eigenvalue weighted by atomic mass is 9.84. The Morgan fingerprint density at radius 1 is 1.38 bits per heavy atom. The first-order chi connectivity index (χ1) is 9.87. The molecule has 0 saturated heterocycles. The minimum absolute atomic E-state index is 0.0444. The van der Waals surface area contributed by atoms with Crippen LogP contribution >= 0.6 is 11.3 Å². The average Bonchev–Trinajstić information content (AvgIpc) is 3.13. The standard InChI is InChI=1S/C14H19NO4S2/c1-8(11-7-9-2-3-10(11)6-9)15-21(18,19)13-5-4-12(20-13)14(16)17/h4-5,8-11,15H,2-3,6-7H2,1H3,(H,16,17). The van der Waals surface area contributed by atoms with Crippen LogP contribution in [0, 0.1) is 17.8 Å². The molecule has 21 heavy (non-hydrogen) atoms. The van der Waals surface area contributed by atoms with Crippen LogP contribution in [-0.2, 0) is 10.0 Å². The lowest BCUT2D eigenvalue weighted by Crippen LogP contribution is -2.39. The molecule has 4 atom stereocenters. The van der Waals surface area contributed by atoms with Gasteiger partial charge in [-0.25, -0.2) is 17.9 Å². The van der Waals surface area contributed by atoms with Crippen molar-refractivity contribution >= 4 is 27.3 Å². The van der Waals surface area contributed by atoms with Crippen LogP contribution < -0.4 is 4.72 Å². The van der Waals surface area contributed by atoms with Crippen molar-refractivity contribution in [3.05, 3.63) is 17.0 Å². The molecule has 1 aromatic rings. The molecule has 2 fully saturated rings. The van der Waals surface area contributed by atoms with Crippen molar-refractivity contribution in [3.8, 4) is 0 Å². The smallest absolute Gasteiger partial charge is 0.345 e. The Hall–Kier alpha value is -0.920. The van der Waals surface area contributed by atoms with Gasteiger partial charge in [0, 0.05) is 6.04 Å². The van der Waals surface area contributed by atoms with Gasteiger partial charge >= 0.3 is 5.97 Å². The van der Waals surface area contributed by atoms with Gasteiger partial charge in [-0.2, -0.15) is 0 Å². The largest absolute Gasteiger partial charge is 0.477 e. The Labute approximate surface area is 128 Å². The molecule has 0 radical (unpaired) electrons. The highest BCUT2D eigenvalue weighted by Crippen LogP contribution is 2.49. The van der Waals surface area contributed by atoms with Crippen LogP contribution in [-0.4, -0.2) is 25.5 Å². The molecule has 0 amide bonds. The van der Waals surface area contributed by atoms with Crippen LogP contribution in [0.2, 0.25) is 0 Å². The van der Waals surface area contributed by atoms with Crippen molar-refractivity contribution in [1.29, 1.82) is 0 Å². The summed E-state index contributed by atoms with van der Waals surface area (Å²) in [5, 5.41) is 8.89. The van der Waals surface area contributed by atoms with Gasteiger partial charge in [0.05, 0.1) is 0 Å². The van der Waals surface area contributed by atoms with Crippen LogP contribution in [0.5, 0.6) is 0 Å². The maximum absolute atomic E-state index is 12.3. The van der Waals surface area contributed by atoms with Gasteiger partial charge < -0.3 is 5.11 Å². The average molecular weight is 329 g/mol. The molecular formula is C14H19NO4S2. The second-order valence-electron chi connectivity index (χ2n) is 6.17. The fraction of sp³-hybridized carbons (Fsp3) is 0.643. The van der Waals surface area contributed by atoms with Crippen molar-refractivity contribution in [2.45, 2.75) is 42.9 Å². The van der Waals surface area contributed by atoms with E-state index in [1.165, 1.54) is 31.4 Å². The summed E-state index contributed by atoms with van der Waals surface area (Å²) in [6.45, 7) is 1.93. The number of nitrogens with one attached hydrogen (secondary N) is 1. The maximum atomic E-state index is 12.3. The quantitative estimate of drug-likeness (QED) is 0.869. The van der Waals surface area contributed by atoms with Gasteiger partial charge in [0.15, 0.2) is 0 Å². The van der Waals surface area contributed by atoms with E-state index in [1.54, 1.807) is 0 Å². The molecule has 1 heterocycles. The summed E-state index contributed by atoms with van der Waals surface area (Å²) >= 11 is 0.798. The van der Waals surface area contributed by atoms with E-state index in [2.05, 4.69) is 4.72 Å². The van der Waals surface area contributed by atoms with Crippen LogP contribution in [0.1, 0.15) is 42.3 Å². The monoisotopic (exact) mass is 329 g/mol. The molecule has 7 heteroatoms. The topological polar surface area (TPSA) is 83.5 Å². The van der Waals surface area contributed by atoms with Gasteiger partial charge in [0.2, 0.25) is 10.0 Å². The summed E-state index contributed by atoms with van der Waals surface area (Å²) < 4.78 is 27.5. The summed E-state index contributed by atoms with van der Waals surface area (Å²) in [7, 11) is -3.62. The van der Waals surface area contributed by atoms with E-state index >= 15 is 0 Å². The zero-order valence-corrected chi connectivity index (χ0v) is 13.4. The number of thiophene rings is 1. The Bertz CT molecular complexity index is 652. The SMILES string of the molecule is CC(NS(=O)(=O)c1ccc(C(=O)O)s1)C1CC2CCC1C2. The number of hydrogen-bond donors (Lipinski definition) is 2. The van der Waals surface area contributed by atoms with E-state index in [0.717, 1.165) is 23.7 Å². The van der Waals surface area contributed by atoms with E-state index in [0.29, 0.717) is 11.8 Å². The van der Waals surface area contributed by atoms with Gasteiger partial charge in [-0.3, -0.25) is 0 Å². The molecule has 2 bridgehead atoms. The fourth-order valence-corrected chi connectivity index (χ4v) is 6.33. The molecule has 2 saturated carbocycles. The van der Waals surface area contributed by atoms with E-state index in [1.807, 2.05) is 6.92 Å². The Kier molecular flexibility index (Phi) is 3.83. The summed E-state index contributed by atoms with van der Waals surface area (Å²) in [5.41, 5.74) is 0. The lowest BCUT2D eigenvalue weighted by Gasteiger charge is -2.28. The van der Waals surface area contributed by atoms with Crippen molar-refractivity contribution in [1.82, 2.24) is 4.72 Å². The van der Waals surface area contributed by atoms with Crippen LogP contribution in [0.4, 0.5) is 0 Å². The van der Waals surface area contributed by atoms with Gasteiger partial charge in [-0.15, -0.1) is 11.3 Å². The van der Waals surface area contributed by atoms with Gasteiger partial charge in [0.1, 0.15) is 9.09 Å². The summed E-state index contributed by atoms with van der Waals surface area (Å²) in [4.78, 5) is 10.9. The molecule has 116 valence electrons. The highest BCUT2D eigenvalue weighted by molar-refractivity contribution is 7.91. The molecule has 0 aliphatic heterocycles. The highest BCUT2D eigenvalue weighted by Gasteiger charge is 2.42. The summed E-state index contributed by atoms with van der Waals surface area (Å²) in [6.07, 6.45) is 4.84. The van der Waals surface area contributed by atoms with Crippen LogP contribution in [0.15, 0.2) is 16.3 Å². The predicted molar refractivity (Wildman–Crippen MR) is 80.0 cm³/mol. The molecular weight excluding hydrogens is 310 g/mol. The zero-order valence-electron chi connectivity index (χ0n) is 11.8. The molecule has 2 aliphatic rings. The minimum Gasteiger partial charge on any atom is -0.477 e. The number of aromatic carboxylic acids is 1. The first-order valence-corrected chi connectivity index (χ1v) is 9.52. The first kappa shape index (κ1) is 15.0. The van der Waals surface area contributed by atoms with Crippen molar-refractivity contribution in [2.75, 3.05) is 0 Å². The Balaban J connectivity index is 1.71. The third kappa shape index (κ3) is 2.86. The summed E-state index contributed by atoms with van der Waals surface area (Å²) in [6, 6.07) is 2.61. The maximum Gasteiger partial charge on any atom is 0.345 e. The predicted octanol–water partition coefficient (Wildman–Crippen LogP) is 2.55. The minimum atomic E-state index is -3.62. The molecule has 1 aromatic heterocycles. The molecule has 5 nitrogen and oxygen atoms in total. The van der Waals surface area contributed by atoms with E-state index < -0.39 is 16.0 Å². The van der Waals surface area contributed by atoms with Crippen molar-refractivity contribution in [2.24, 2.45) is 17.8 Å². The van der Waals surface area contributed by atoms with Crippen molar-refractivity contribution < 1.29 is 18.3 Å². The molecule has 2 aliphatic carbocycles. The third-order valence-electron chi connectivity index (χ3n) is 4.83. The number of carbonyl (C=O) groups is 1. The second-order valence-corrected chi connectivity index (χ2v) is 9.20. The van der Waals surface area contributed by atoms with Gasteiger partial charge in [0.25, 0.3) is 0 Å². The number of sulfonamides is 1. The number of hydrogen-bond acceptors (Lipinski definition) is 4. The van der Waals surface area contributed by atoms with Gasteiger partial charge in [-0.05, 0) is 56.1 Å². The molecule has 2 N–H and O–H groups in total.